The number of pyridine rings is 1. The molecule has 0 aliphatic carbocycles. The molecule has 2 saturated heterocycles. The number of carbonyl (C=O) groups is 1. The number of aromatic nitrogens is 1. The topological polar surface area (TPSA) is 54.9 Å². The molecule has 3 unspecified atom stereocenters. The summed E-state index contributed by atoms with van der Waals surface area (Å²) in [7, 11) is 0. The minimum atomic E-state index is -0.125. The smallest absolute Gasteiger partial charge is 0.257 e. The molecule has 0 radical (unpaired) electrons. The summed E-state index contributed by atoms with van der Waals surface area (Å²) < 4.78 is 11.8. The van der Waals surface area contributed by atoms with Crippen molar-refractivity contribution < 1.29 is 14.3 Å². The molecule has 3 aliphatic rings. The lowest BCUT2D eigenvalue weighted by molar-refractivity contribution is -0.128. The van der Waals surface area contributed by atoms with Crippen molar-refractivity contribution in [3.8, 4) is 11.6 Å². The number of rotatable bonds is 3. The van der Waals surface area contributed by atoms with Gasteiger partial charge in [0.15, 0.2) is 11.9 Å². The summed E-state index contributed by atoms with van der Waals surface area (Å²) in [6.07, 6.45) is 1.59. The molecule has 3 aliphatic heterocycles. The van der Waals surface area contributed by atoms with Crippen molar-refractivity contribution in [2.75, 3.05) is 32.8 Å². The molecule has 6 nitrogen and oxygen atoms in total. The first-order chi connectivity index (χ1) is 13.7. The number of likely N-dealkylation sites (tertiary alicyclic amines) is 2. The minimum Gasteiger partial charge on any atom is -0.484 e. The monoisotopic (exact) mass is 379 g/mol. The second kappa shape index (κ2) is 7.09. The van der Waals surface area contributed by atoms with Crippen molar-refractivity contribution in [1.82, 2.24) is 14.8 Å². The van der Waals surface area contributed by atoms with E-state index in [0.29, 0.717) is 30.1 Å². The second-order valence-electron chi connectivity index (χ2n) is 8.10. The molecule has 146 valence electrons. The van der Waals surface area contributed by atoms with Crippen LogP contribution in [0.3, 0.4) is 0 Å². The molecule has 4 heterocycles. The van der Waals surface area contributed by atoms with Gasteiger partial charge < -0.3 is 14.4 Å². The normalized spacial score (nSPS) is 26.3. The first-order valence-corrected chi connectivity index (χ1v) is 9.97. The largest absolute Gasteiger partial charge is 0.484 e. The molecular formula is C22H25N3O3. The van der Waals surface area contributed by atoms with Gasteiger partial charge in [0.2, 0.25) is 5.91 Å². The number of ether oxygens (including phenoxy) is 2. The van der Waals surface area contributed by atoms with Gasteiger partial charge >= 0.3 is 0 Å². The zero-order chi connectivity index (χ0) is 19.1. The molecule has 1 amide bonds. The van der Waals surface area contributed by atoms with Gasteiger partial charge in [0.25, 0.3) is 5.88 Å². The highest BCUT2D eigenvalue weighted by atomic mass is 16.6. The summed E-state index contributed by atoms with van der Waals surface area (Å²) in [5.41, 5.74) is 2.41. The van der Waals surface area contributed by atoms with E-state index in [9.17, 15) is 4.79 Å². The van der Waals surface area contributed by atoms with E-state index >= 15 is 0 Å². The van der Waals surface area contributed by atoms with Gasteiger partial charge in [-0.05, 0) is 35.1 Å². The second-order valence-corrected chi connectivity index (χ2v) is 8.10. The average Bonchev–Trinajstić information content (AvgIpc) is 3.27. The van der Waals surface area contributed by atoms with Gasteiger partial charge in [-0.1, -0.05) is 24.3 Å². The number of carbonyl (C=O) groups excluding carboxylic acids is 1. The SMILES string of the molecule is CC(=O)N1CC2CN(Cc3ccc(C4COc5cccnc5O4)cc3)CC2C1. The summed E-state index contributed by atoms with van der Waals surface area (Å²) in [5.74, 6) is 2.74. The van der Waals surface area contributed by atoms with Gasteiger partial charge in [-0.15, -0.1) is 0 Å². The molecule has 5 rings (SSSR count). The summed E-state index contributed by atoms with van der Waals surface area (Å²) in [6.45, 7) is 7.14. The Morgan fingerprint density at radius 2 is 1.86 bits per heavy atom. The molecule has 6 heteroatoms. The molecule has 28 heavy (non-hydrogen) atoms. The highest BCUT2D eigenvalue weighted by Crippen LogP contribution is 2.34. The fourth-order valence-electron chi connectivity index (χ4n) is 4.65. The summed E-state index contributed by atoms with van der Waals surface area (Å²) in [5, 5.41) is 0. The van der Waals surface area contributed by atoms with Crippen LogP contribution in [0, 0.1) is 11.8 Å². The molecule has 2 fully saturated rings. The van der Waals surface area contributed by atoms with E-state index in [1.807, 2.05) is 17.0 Å². The van der Waals surface area contributed by atoms with Crippen LogP contribution in [0.4, 0.5) is 0 Å². The fraction of sp³-hybridized carbons (Fsp3) is 0.455. The Balaban J connectivity index is 1.19. The fourth-order valence-corrected chi connectivity index (χ4v) is 4.65. The summed E-state index contributed by atoms with van der Waals surface area (Å²) in [6, 6.07) is 12.4. The molecule has 3 atom stereocenters. The van der Waals surface area contributed by atoms with Crippen LogP contribution in [-0.2, 0) is 11.3 Å². The van der Waals surface area contributed by atoms with Crippen LogP contribution >= 0.6 is 0 Å². The molecule has 1 aromatic carbocycles. The van der Waals surface area contributed by atoms with Gasteiger partial charge in [0.1, 0.15) is 6.61 Å². The van der Waals surface area contributed by atoms with E-state index < -0.39 is 0 Å². The Morgan fingerprint density at radius 3 is 2.57 bits per heavy atom. The Hall–Kier alpha value is -2.60. The third kappa shape index (κ3) is 3.33. The molecule has 2 aromatic rings. The quantitative estimate of drug-likeness (QED) is 0.820. The van der Waals surface area contributed by atoms with Crippen LogP contribution in [0.2, 0.25) is 0 Å². The molecule has 0 spiro atoms. The van der Waals surface area contributed by atoms with Crippen molar-refractivity contribution >= 4 is 5.91 Å². The van der Waals surface area contributed by atoms with Gasteiger partial charge in [0.05, 0.1) is 0 Å². The van der Waals surface area contributed by atoms with Crippen LogP contribution in [0.15, 0.2) is 42.6 Å². The van der Waals surface area contributed by atoms with E-state index in [0.717, 1.165) is 38.3 Å². The number of hydrogen-bond donors (Lipinski definition) is 0. The van der Waals surface area contributed by atoms with E-state index in [-0.39, 0.29) is 12.0 Å². The number of fused-ring (bicyclic) bond motifs is 2. The van der Waals surface area contributed by atoms with Crippen LogP contribution in [0.1, 0.15) is 24.2 Å². The third-order valence-corrected chi connectivity index (χ3v) is 6.15. The maximum atomic E-state index is 11.6. The Bertz CT molecular complexity index is 856. The zero-order valence-electron chi connectivity index (χ0n) is 16.1. The van der Waals surface area contributed by atoms with Crippen molar-refractivity contribution in [2.45, 2.75) is 19.6 Å². The maximum Gasteiger partial charge on any atom is 0.257 e. The number of hydrogen-bond acceptors (Lipinski definition) is 5. The molecule has 0 bridgehead atoms. The molecule has 0 saturated carbocycles. The van der Waals surface area contributed by atoms with E-state index in [2.05, 4.69) is 34.1 Å². The highest BCUT2D eigenvalue weighted by molar-refractivity contribution is 5.73. The minimum absolute atomic E-state index is 0.125. The lowest BCUT2D eigenvalue weighted by atomic mass is 10.0. The standard InChI is InChI=1S/C22H25N3O3/c1-15(26)25-12-18-10-24(11-19(18)13-25)9-16-4-6-17(7-5-16)21-14-27-20-3-2-8-23-22(20)28-21/h2-8,18-19,21H,9-14H2,1H3. The first kappa shape index (κ1) is 17.5. The number of nitrogens with zero attached hydrogens (tertiary/aromatic N) is 3. The third-order valence-electron chi connectivity index (χ3n) is 6.15. The number of amides is 1. The van der Waals surface area contributed by atoms with Crippen molar-refractivity contribution in [1.29, 1.82) is 0 Å². The molecular weight excluding hydrogens is 354 g/mol. The van der Waals surface area contributed by atoms with E-state index in [1.165, 1.54) is 5.56 Å². The van der Waals surface area contributed by atoms with Crippen molar-refractivity contribution in [2.24, 2.45) is 11.8 Å². The van der Waals surface area contributed by atoms with Crippen LogP contribution in [0.25, 0.3) is 0 Å². The van der Waals surface area contributed by atoms with Crippen molar-refractivity contribution in [3.05, 3.63) is 53.7 Å². The Kier molecular flexibility index (Phi) is 4.43. The van der Waals surface area contributed by atoms with Gasteiger partial charge in [-0.3, -0.25) is 9.69 Å². The summed E-state index contributed by atoms with van der Waals surface area (Å²) in [4.78, 5) is 20.3. The van der Waals surface area contributed by atoms with Crippen molar-refractivity contribution in [3.63, 3.8) is 0 Å². The lowest BCUT2D eigenvalue weighted by Crippen LogP contribution is -2.31. The maximum absolute atomic E-state index is 11.6. The molecule has 0 N–H and O–H groups in total. The van der Waals surface area contributed by atoms with Gasteiger partial charge in [0, 0.05) is 45.8 Å². The average molecular weight is 379 g/mol. The first-order valence-electron chi connectivity index (χ1n) is 9.97. The van der Waals surface area contributed by atoms with Crippen LogP contribution < -0.4 is 9.47 Å². The highest BCUT2D eigenvalue weighted by Gasteiger charge is 2.40. The summed E-state index contributed by atoms with van der Waals surface area (Å²) >= 11 is 0. The number of benzene rings is 1. The predicted octanol–water partition coefficient (Wildman–Crippen LogP) is 2.50. The van der Waals surface area contributed by atoms with Gasteiger partial charge in [-0.2, -0.15) is 0 Å². The Labute approximate surface area is 165 Å². The predicted molar refractivity (Wildman–Crippen MR) is 104 cm³/mol. The van der Waals surface area contributed by atoms with Crippen LogP contribution in [-0.4, -0.2) is 53.5 Å². The van der Waals surface area contributed by atoms with E-state index in [1.54, 1.807) is 13.1 Å². The van der Waals surface area contributed by atoms with Crippen LogP contribution in [0.5, 0.6) is 11.6 Å². The zero-order valence-corrected chi connectivity index (χ0v) is 16.1. The lowest BCUT2D eigenvalue weighted by Gasteiger charge is -2.26. The van der Waals surface area contributed by atoms with Gasteiger partial charge in [-0.25, -0.2) is 4.98 Å². The molecule has 1 aromatic heterocycles. The Morgan fingerprint density at radius 1 is 1.11 bits per heavy atom. The van der Waals surface area contributed by atoms with E-state index in [4.69, 9.17) is 9.47 Å².